The molecule has 0 saturated carbocycles. The number of benzene rings is 1. The van der Waals surface area contributed by atoms with Crippen LogP contribution in [0.15, 0.2) is 47.4 Å². The first-order chi connectivity index (χ1) is 13.4. The number of nitrogens with zero attached hydrogens (tertiary/aromatic N) is 2. The minimum Gasteiger partial charge on any atom is -0.432 e. The van der Waals surface area contributed by atoms with Crippen LogP contribution in [0.3, 0.4) is 0 Å². The third kappa shape index (κ3) is 6.94. The van der Waals surface area contributed by atoms with Crippen LogP contribution in [0.25, 0.3) is 0 Å². The highest BCUT2D eigenvalue weighted by molar-refractivity contribution is 5.64. The van der Waals surface area contributed by atoms with Gasteiger partial charge in [-0.15, -0.1) is 0 Å². The Labute approximate surface area is 161 Å². The summed E-state index contributed by atoms with van der Waals surface area (Å²) in [7, 11) is 0. The molecule has 0 amide bonds. The van der Waals surface area contributed by atoms with Crippen LogP contribution < -0.4 is 15.8 Å². The predicted molar refractivity (Wildman–Crippen MR) is 99.9 cm³/mol. The lowest BCUT2D eigenvalue weighted by atomic mass is 10.1. The van der Waals surface area contributed by atoms with E-state index in [1.807, 2.05) is 13.8 Å². The molecule has 0 heterocycles. The van der Waals surface area contributed by atoms with Crippen LogP contribution >= 0.6 is 0 Å². The van der Waals surface area contributed by atoms with Crippen LogP contribution in [-0.2, 0) is 4.74 Å². The first kappa shape index (κ1) is 22.4. The van der Waals surface area contributed by atoms with E-state index in [9.17, 15) is 25.0 Å². The molecule has 0 bridgehead atoms. The second kappa shape index (κ2) is 11.2. The lowest BCUT2D eigenvalue weighted by molar-refractivity contribution is -0.421. The van der Waals surface area contributed by atoms with E-state index in [1.165, 1.54) is 30.3 Å². The molecule has 0 unspecified atom stereocenters. The maximum atomic E-state index is 11.5. The number of non-ortho nitro benzene ring substituents is 1. The number of ether oxygens (including phenoxy) is 2. The molecule has 1 aromatic rings. The molecule has 152 valence electrons. The van der Waals surface area contributed by atoms with Crippen molar-refractivity contribution in [2.24, 2.45) is 5.73 Å². The minimum atomic E-state index is -0.989. The summed E-state index contributed by atoms with van der Waals surface area (Å²) < 4.78 is 9.70. The van der Waals surface area contributed by atoms with Gasteiger partial charge >= 0.3 is 6.16 Å². The van der Waals surface area contributed by atoms with E-state index in [4.69, 9.17) is 15.2 Å². The van der Waals surface area contributed by atoms with E-state index in [0.717, 1.165) is 0 Å². The molecule has 1 aromatic carbocycles. The van der Waals surface area contributed by atoms with Crippen LogP contribution in [0.1, 0.15) is 26.7 Å². The quantitative estimate of drug-likeness (QED) is 0.233. The molecule has 0 radical (unpaired) electrons. The molecule has 1 aliphatic rings. The van der Waals surface area contributed by atoms with Gasteiger partial charge in [-0.25, -0.2) is 4.79 Å². The predicted octanol–water partition coefficient (Wildman–Crippen LogP) is 2.85. The Morgan fingerprint density at radius 1 is 1.14 bits per heavy atom. The zero-order valence-corrected chi connectivity index (χ0v) is 15.5. The Morgan fingerprint density at radius 3 is 2.36 bits per heavy atom. The van der Waals surface area contributed by atoms with Gasteiger partial charge in [-0.1, -0.05) is 13.8 Å². The van der Waals surface area contributed by atoms with Gasteiger partial charge in [0.1, 0.15) is 12.4 Å². The molecule has 0 aliphatic heterocycles. The number of carbonyl (C=O) groups excluding carboxylic acids is 1. The molecule has 0 fully saturated rings. The van der Waals surface area contributed by atoms with Gasteiger partial charge in [0.2, 0.25) is 0 Å². The SMILES string of the molecule is CC.NC1=CC([N+](=O)[O-])=C(NCCOC(=O)Oc2ccc([N+](=O)[O-])cc2)CC1. The summed E-state index contributed by atoms with van der Waals surface area (Å²) >= 11 is 0. The van der Waals surface area contributed by atoms with Crippen LogP contribution in [0.5, 0.6) is 5.75 Å². The van der Waals surface area contributed by atoms with Crippen molar-refractivity contribution >= 4 is 11.8 Å². The molecule has 0 atom stereocenters. The summed E-state index contributed by atoms with van der Waals surface area (Å²) in [4.78, 5) is 32.0. The normalized spacial score (nSPS) is 12.9. The molecule has 11 heteroatoms. The number of nitro benzene ring substituents is 1. The van der Waals surface area contributed by atoms with E-state index in [-0.39, 0.29) is 30.3 Å². The van der Waals surface area contributed by atoms with Gasteiger partial charge in [0.15, 0.2) is 0 Å². The fourth-order valence-corrected chi connectivity index (χ4v) is 2.17. The van der Waals surface area contributed by atoms with E-state index < -0.39 is 16.0 Å². The van der Waals surface area contributed by atoms with Crippen LogP contribution in [0.2, 0.25) is 0 Å². The molecule has 2 rings (SSSR count). The van der Waals surface area contributed by atoms with Gasteiger partial charge in [-0.2, -0.15) is 0 Å². The molecule has 3 N–H and O–H groups in total. The monoisotopic (exact) mass is 394 g/mol. The summed E-state index contributed by atoms with van der Waals surface area (Å²) in [5.41, 5.74) is 6.20. The van der Waals surface area contributed by atoms with Gasteiger partial charge in [0, 0.05) is 30.5 Å². The number of rotatable bonds is 7. The molecule has 11 nitrogen and oxygen atoms in total. The zero-order valence-electron chi connectivity index (χ0n) is 15.5. The average Bonchev–Trinajstić information content (AvgIpc) is 2.68. The topological polar surface area (TPSA) is 160 Å². The molecular formula is C17H22N4O7. The summed E-state index contributed by atoms with van der Waals surface area (Å²) in [5, 5.41) is 24.4. The van der Waals surface area contributed by atoms with Crippen LogP contribution in [0.4, 0.5) is 10.5 Å². The molecule has 0 aromatic heterocycles. The van der Waals surface area contributed by atoms with Gasteiger partial charge in [0.25, 0.3) is 11.4 Å². The Bertz CT molecular complexity index is 772. The molecule has 1 aliphatic carbocycles. The molecular weight excluding hydrogens is 372 g/mol. The van der Waals surface area contributed by atoms with E-state index in [2.05, 4.69) is 5.32 Å². The lowest BCUT2D eigenvalue weighted by Gasteiger charge is -2.15. The molecule has 0 spiro atoms. The van der Waals surface area contributed by atoms with Crippen molar-refractivity contribution in [1.82, 2.24) is 5.32 Å². The second-order valence-corrected chi connectivity index (χ2v) is 5.22. The third-order valence-corrected chi connectivity index (χ3v) is 3.40. The third-order valence-electron chi connectivity index (χ3n) is 3.40. The zero-order chi connectivity index (χ0) is 21.1. The van der Waals surface area contributed by atoms with Crippen molar-refractivity contribution in [3.8, 4) is 5.75 Å². The summed E-state index contributed by atoms with van der Waals surface area (Å²) in [5.74, 6) is 0.0970. The van der Waals surface area contributed by atoms with Crippen molar-refractivity contribution in [3.05, 3.63) is 67.7 Å². The van der Waals surface area contributed by atoms with Gasteiger partial charge in [0.05, 0.1) is 15.5 Å². The highest BCUT2D eigenvalue weighted by Crippen LogP contribution is 2.20. The summed E-state index contributed by atoms with van der Waals surface area (Å²) in [6.45, 7) is 4.06. The van der Waals surface area contributed by atoms with E-state index >= 15 is 0 Å². The van der Waals surface area contributed by atoms with Gasteiger partial charge in [-0.3, -0.25) is 20.2 Å². The Hall–Kier alpha value is -3.63. The first-order valence-corrected chi connectivity index (χ1v) is 8.53. The number of nitro groups is 2. The first-order valence-electron chi connectivity index (χ1n) is 8.53. The number of carbonyl (C=O) groups is 1. The van der Waals surface area contributed by atoms with Crippen molar-refractivity contribution in [2.75, 3.05) is 13.2 Å². The molecule has 0 saturated heterocycles. The average molecular weight is 394 g/mol. The second-order valence-electron chi connectivity index (χ2n) is 5.22. The smallest absolute Gasteiger partial charge is 0.432 e. The van der Waals surface area contributed by atoms with E-state index in [0.29, 0.717) is 24.2 Å². The Balaban J connectivity index is 0.00000190. The largest absolute Gasteiger partial charge is 0.513 e. The van der Waals surface area contributed by atoms with Crippen molar-refractivity contribution in [1.29, 1.82) is 0 Å². The highest BCUT2D eigenvalue weighted by Gasteiger charge is 2.21. The minimum absolute atomic E-state index is 0.0838. The number of hydrogen-bond acceptors (Lipinski definition) is 9. The van der Waals surface area contributed by atoms with E-state index in [1.54, 1.807) is 0 Å². The summed E-state index contributed by atoms with van der Waals surface area (Å²) in [6.07, 6.45) is 1.21. The maximum absolute atomic E-state index is 11.5. The van der Waals surface area contributed by atoms with Gasteiger partial charge in [-0.05, 0) is 25.0 Å². The fourth-order valence-electron chi connectivity index (χ4n) is 2.17. The van der Waals surface area contributed by atoms with Crippen LogP contribution in [-0.4, -0.2) is 29.2 Å². The Morgan fingerprint density at radius 2 is 1.79 bits per heavy atom. The van der Waals surface area contributed by atoms with Crippen molar-refractivity contribution in [2.45, 2.75) is 26.7 Å². The van der Waals surface area contributed by atoms with Gasteiger partial charge < -0.3 is 20.5 Å². The van der Waals surface area contributed by atoms with Crippen molar-refractivity contribution < 1.29 is 24.1 Å². The fraction of sp³-hybridized carbons (Fsp3) is 0.353. The number of nitrogens with two attached hydrogens (primary N) is 1. The number of hydrogen-bond donors (Lipinski definition) is 2. The number of nitrogens with one attached hydrogen (secondary N) is 1. The number of allylic oxidation sites excluding steroid dienone is 3. The highest BCUT2D eigenvalue weighted by atomic mass is 16.7. The lowest BCUT2D eigenvalue weighted by Crippen LogP contribution is -2.26. The summed E-state index contributed by atoms with van der Waals surface area (Å²) in [6, 6.07) is 4.92. The maximum Gasteiger partial charge on any atom is 0.513 e. The van der Waals surface area contributed by atoms with Crippen molar-refractivity contribution in [3.63, 3.8) is 0 Å². The van der Waals surface area contributed by atoms with Crippen LogP contribution in [0, 0.1) is 20.2 Å². The molecule has 28 heavy (non-hydrogen) atoms. The standard InChI is InChI=1S/C15H16N4O7.C2H6/c16-10-1-6-13(14(9-10)19(23)24)17-7-8-25-15(20)26-12-4-2-11(3-5-12)18(21)22;1-2/h2-5,9,17H,1,6-8,16H2;1-2H3. The Kier molecular flexibility index (Phi) is 8.93.